The molecule has 23 heavy (non-hydrogen) atoms. The summed E-state index contributed by atoms with van der Waals surface area (Å²) >= 11 is 0. The normalized spacial score (nSPS) is 27.5. The first-order chi connectivity index (χ1) is 10.1. The molecule has 1 saturated heterocycles. The van der Waals surface area contributed by atoms with Crippen LogP contribution in [0, 0.1) is 0 Å². The molecule has 1 aliphatic rings. The Labute approximate surface area is 145 Å². The zero-order valence-corrected chi connectivity index (χ0v) is 18.9. The maximum Gasteiger partial charge on any atom is 0.192 e. The number of β-amino-alcohol motifs (C(OH)–C–C–N with tert-alkyl or cyclic N) is 1. The second-order valence-corrected chi connectivity index (χ2v) is 19.6. The van der Waals surface area contributed by atoms with Crippen LogP contribution in [0.3, 0.4) is 0 Å². The predicted molar refractivity (Wildman–Crippen MR) is 103 cm³/mol. The highest BCUT2D eigenvalue weighted by Crippen LogP contribution is 2.39. The van der Waals surface area contributed by atoms with Gasteiger partial charge in [-0.3, -0.25) is 0 Å². The van der Waals surface area contributed by atoms with Gasteiger partial charge < -0.3 is 19.3 Å². The summed E-state index contributed by atoms with van der Waals surface area (Å²) in [7, 11) is -3.69. The fourth-order valence-electron chi connectivity index (χ4n) is 2.12. The summed E-state index contributed by atoms with van der Waals surface area (Å²) in [6.07, 6.45) is -0.613. The van der Waals surface area contributed by atoms with Crippen LogP contribution in [0.4, 0.5) is 0 Å². The van der Waals surface area contributed by atoms with Gasteiger partial charge >= 0.3 is 0 Å². The molecule has 0 aromatic rings. The number of nitrogens with one attached hydrogen (secondary N) is 1. The highest BCUT2D eigenvalue weighted by atomic mass is 28.4. The molecular weight excluding hydrogens is 322 g/mol. The third kappa shape index (κ3) is 5.12. The number of hydrogen-bond donors (Lipinski definition) is 2. The smallest absolute Gasteiger partial charge is 0.192 e. The second kappa shape index (κ2) is 6.88. The molecule has 0 radical (unpaired) electrons. The Morgan fingerprint density at radius 1 is 0.957 bits per heavy atom. The van der Waals surface area contributed by atoms with Crippen molar-refractivity contribution in [3.63, 3.8) is 0 Å². The minimum atomic E-state index is -1.91. The van der Waals surface area contributed by atoms with Gasteiger partial charge in [0.05, 0.1) is 24.9 Å². The van der Waals surface area contributed by atoms with Crippen LogP contribution < -0.4 is 5.32 Å². The number of rotatable bonds is 5. The first-order valence-electron chi connectivity index (χ1n) is 8.82. The van der Waals surface area contributed by atoms with Crippen molar-refractivity contribution >= 4 is 16.6 Å². The molecule has 6 heteroatoms. The monoisotopic (exact) mass is 361 g/mol. The molecule has 3 atom stereocenters. The van der Waals surface area contributed by atoms with Crippen molar-refractivity contribution in [3.05, 3.63) is 0 Å². The van der Waals surface area contributed by atoms with Crippen LogP contribution in [0.1, 0.15) is 41.5 Å². The zero-order valence-electron chi connectivity index (χ0n) is 16.9. The molecule has 1 rings (SSSR count). The molecule has 2 N–H and O–H groups in total. The van der Waals surface area contributed by atoms with Gasteiger partial charge in [-0.25, -0.2) is 0 Å². The maximum atomic E-state index is 10.4. The quantitative estimate of drug-likeness (QED) is 0.733. The average molecular weight is 362 g/mol. The van der Waals surface area contributed by atoms with E-state index >= 15 is 0 Å². The second-order valence-electron chi connectivity index (χ2n) is 10.00. The van der Waals surface area contributed by atoms with Gasteiger partial charge in [0, 0.05) is 6.54 Å². The van der Waals surface area contributed by atoms with E-state index in [1.807, 2.05) is 0 Å². The predicted octanol–water partition coefficient (Wildman–Crippen LogP) is 3.73. The maximum absolute atomic E-state index is 10.4. The fraction of sp³-hybridized carbons (Fsp3) is 1.00. The molecule has 1 fully saturated rings. The van der Waals surface area contributed by atoms with Crippen molar-refractivity contribution in [1.29, 1.82) is 0 Å². The average Bonchev–Trinajstić information content (AvgIpc) is 2.65. The summed E-state index contributed by atoms with van der Waals surface area (Å²) in [5, 5.41) is 14.1. The Hall–Kier alpha value is 0.274. The molecule has 0 aromatic heterocycles. The molecule has 0 unspecified atom stereocenters. The van der Waals surface area contributed by atoms with Crippen LogP contribution in [-0.4, -0.2) is 53.1 Å². The van der Waals surface area contributed by atoms with Crippen molar-refractivity contribution < 1.29 is 14.0 Å². The minimum absolute atomic E-state index is 0.0771. The van der Waals surface area contributed by atoms with E-state index in [0.717, 1.165) is 0 Å². The molecule has 0 saturated carbocycles. The van der Waals surface area contributed by atoms with E-state index < -0.39 is 22.7 Å². The Morgan fingerprint density at radius 3 is 1.87 bits per heavy atom. The van der Waals surface area contributed by atoms with Crippen LogP contribution in [0.5, 0.6) is 0 Å². The highest BCUT2D eigenvalue weighted by molar-refractivity contribution is 6.74. The summed E-state index contributed by atoms with van der Waals surface area (Å²) < 4.78 is 12.9. The number of aliphatic hydroxyl groups excluding tert-OH is 1. The summed E-state index contributed by atoms with van der Waals surface area (Å²) in [4.78, 5) is 0. The van der Waals surface area contributed by atoms with Crippen molar-refractivity contribution in [2.24, 2.45) is 0 Å². The highest BCUT2D eigenvalue weighted by Gasteiger charge is 2.46. The van der Waals surface area contributed by atoms with Gasteiger partial charge in [0.15, 0.2) is 16.6 Å². The van der Waals surface area contributed by atoms with Crippen LogP contribution >= 0.6 is 0 Å². The lowest BCUT2D eigenvalue weighted by Gasteiger charge is -2.41. The Morgan fingerprint density at radius 2 is 1.43 bits per heavy atom. The number of aliphatic hydroxyl groups is 1. The van der Waals surface area contributed by atoms with Gasteiger partial charge in [-0.15, -0.1) is 0 Å². The molecule has 0 aromatic carbocycles. The molecule has 138 valence electrons. The minimum Gasteiger partial charge on any atom is -0.415 e. The summed E-state index contributed by atoms with van der Waals surface area (Å²) in [6.45, 7) is 23.7. The molecule has 1 aliphatic heterocycles. The van der Waals surface area contributed by atoms with Gasteiger partial charge in [-0.05, 0) is 36.3 Å². The molecule has 1 heterocycles. The van der Waals surface area contributed by atoms with Crippen LogP contribution in [-0.2, 0) is 8.85 Å². The molecule has 0 bridgehead atoms. The van der Waals surface area contributed by atoms with Gasteiger partial charge in [0.25, 0.3) is 0 Å². The van der Waals surface area contributed by atoms with Crippen molar-refractivity contribution in [1.82, 2.24) is 5.32 Å². The van der Waals surface area contributed by atoms with E-state index in [2.05, 4.69) is 73.0 Å². The van der Waals surface area contributed by atoms with Gasteiger partial charge in [-0.2, -0.15) is 0 Å². The molecule has 0 spiro atoms. The molecule has 0 amide bonds. The standard InChI is InChI=1S/C17H39NO3Si2/c1-16(2,3)22(7,8)20-12-13-15(14(19)11-18-13)21-23(9,10)17(4,5)6/h13-15,18-19H,11-12H2,1-10H3/t13-,14-,15-/m0/s1. The topological polar surface area (TPSA) is 50.7 Å². The lowest BCUT2D eigenvalue weighted by molar-refractivity contribution is 0.0385. The van der Waals surface area contributed by atoms with Crippen LogP contribution in [0.15, 0.2) is 0 Å². The molecule has 0 aliphatic carbocycles. The van der Waals surface area contributed by atoms with Gasteiger partial charge in [0.1, 0.15) is 0 Å². The zero-order chi connectivity index (χ0) is 18.3. The Kier molecular flexibility index (Phi) is 6.38. The fourth-order valence-corrected chi connectivity index (χ4v) is 4.50. The number of hydrogen-bond acceptors (Lipinski definition) is 4. The van der Waals surface area contributed by atoms with E-state index in [-0.39, 0.29) is 22.2 Å². The van der Waals surface area contributed by atoms with E-state index in [0.29, 0.717) is 13.2 Å². The first kappa shape index (κ1) is 21.3. The van der Waals surface area contributed by atoms with E-state index in [4.69, 9.17) is 8.85 Å². The largest absolute Gasteiger partial charge is 0.415 e. The summed E-state index contributed by atoms with van der Waals surface area (Å²) in [5.74, 6) is 0. The van der Waals surface area contributed by atoms with Crippen LogP contribution in [0.25, 0.3) is 0 Å². The summed E-state index contributed by atoms with van der Waals surface area (Å²) in [6, 6.07) is 0.0771. The SMILES string of the molecule is CC(C)(C)[Si](C)(C)OC[C@@H]1NC[C@H](O)[C@H]1O[Si](C)(C)C(C)(C)C. The lowest BCUT2D eigenvalue weighted by Crippen LogP contribution is -2.52. The Bertz CT molecular complexity index is 400. The lowest BCUT2D eigenvalue weighted by atomic mass is 10.1. The van der Waals surface area contributed by atoms with Gasteiger partial charge in [-0.1, -0.05) is 41.5 Å². The third-order valence-electron chi connectivity index (χ3n) is 6.03. The van der Waals surface area contributed by atoms with Gasteiger partial charge in [0.2, 0.25) is 0 Å². The van der Waals surface area contributed by atoms with Crippen molar-refractivity contribution in [2.75, 3.05) is 13.2 Å². The van der Waals surface area contributed by atoms with Crippen molar-refractivity contribution in [3.8, 4) is 0 Å². The van der Waals surface area contributed by atoms with E-state index in [1.54, 1.807) is 0 Å². The molecular formula is C17H39NO3Si2. The van der Waals surface area contributed by atoms with E-state index in [9.17, 15) is 5.11 Å². The summed E-state index contributed by atoms with van der Waals surface area (Å²) in [5.41, 5.74) is 0. The Balaban J connectivity index is 2.76. The third-order valence-corrected chi connectivity index (χ3v) is 15.0. The molecule has 4 nitrogen and oxygen atoms in total. The van der Waals surface area contributed by atoms with Crippen LogP contribution in [0.2, 0.25) is 36.3 Å². The first-order valence-corrected chi connectivity index (χ1v) is 14.6. The van der Waals surface area contributed by atoms with E-state index in [1.165, 1.54) is 0 Å². The van der Waals surface area contributed by atoms with Crippen molar-refractivity contribution in [2.45, 2.75) is 96.1 Å².